The molecule has 1 heterocycles. The molecule has 6 heteroatoms. The molecule has 168 valence electrons. The number of unbranched alkanes of at least 4 members (excludes halogenated alkanes) is 3. The standard InChI is InChI=1S/C25H34N2O4/c1-2-3-4-7-16-29-21-14-12-20(13-15-21)27-25(28)18-26-23-10-5-6-11-24(23)31-19-22-9-8-17-30-22/h5-6,10-15,22,26H,2-4,7-9,16-19H2,1H3,(H,27,28). The zero-order chi connectivity index (χ0) is 21.7. The van der Waals surface area contributed by atoms with Crippen LogP contribution in [0.15, 0.2) is 48.5 Å². The van der Waals surface area contributed by atoms with Crippen molar-refractivity contribution >= 4 is 17.3 Å². The van der Waals surface area contributed by atoms with Crippen LogP contribution in [0.2, 0.25) is 0 Å². The Hall–Kier alpha value is -2.73. The average molecular weight is 427 g/mol. The molecular weight excluding hydrogens is 392 g/mol. The maximum Gasteiger partial charge on any atom is 0.243 e. The maximum atomic E-state index is 12.4. The average Bonchev–Trinajstić information content (AvgIpc) is 3.31. The van der Waals surface area contributed by atoms with Gasteiger partial charge in [-0.1, -0.05) is 38.3 Å². The lowest BCUT2D eigenvalue weighted by molar-refractivity contribution is -0.114. The first kappa shape index (κ1) is 22.9. The SMILES string of the molecule is CCCCCCOc1ccc(NC(=O)CNc2ccccc2OCC2CCCO2)cc1. The minimum atomic E-state index is -0.123. The van der Waals surface area contributed by atoms with Crippen LogP contribution in [0.25, 0.3) is 0 Å². The van der Waals surface area contributed by atoms with Crippen LogP contribution in [0.4, 0.5) is 11.4 Å². The normalized spacial score (nSPS) is 15.5. The Morgan fingerprint density at radius 3 is 2.68 bits per heavy atom. The second-order valence-electron chi connectivity index (χ2n) is 7.78. The molecule has 1 aliphatic rings. The summed E-state index contributed by atoms with van der Waals surface area (Å²) in [7, 11) is 0. The van der Waals surface area contributed by atoms with Crippen molar-refractivity contribution < 1.29 is 19.0 Å². The summed E-state index contributed by atoms with van der Waals surface area (Å²) in [6.45, 7) is 4.40. The van der Waals surface area contributed by atoms with Crippen LogP contribution in [0, 0.1) is 0 Å². The number of ether oxygens (including phenoxy) is 3. The molecule has 2 N–H and O–H groups in total. The minimum Gasteiger partial charge on any atom is -0.494 e. The number of para-hydroxylation sites is 2. The number of amides is 1. The van der Waals surface area contributed by atoms with Crippen LogP contribution in [0.1, 0.15) is 45.4 Å². The monoisotopic (exact) mass is 426 g/mol. The molecule has 1 atom stereocenters. The third-order valence-corrected chi connectivity index (χ3v) is 5.18. The number of benzene rings is 2. The molecule has 1 aliphatic heterocycles. The van der Waals surface area contributed by atoms with Gasteiger partial charge in [0.05, 0.1) is 24.9 Å². The molecule has 1 amide bonds. The lowest BCUT2D eigenvalue weighted by atomic mass is 10.2. The topological polar surface area (TPSA) is 68.8 Å². The molecule has 1 unspecified atom stereocenters. The molecule has 0 aliphatic carbocycles. The van der Waals surface area contributed by atoms with E-state index in [4.69, 9.17) is 14.2 Å². The predicted molar refractivity (Wildman–Crippen MR) is 124 cm³/mol. The van der Waals surface area contributed by atoms with E-state index in [2.05, 4.69) is 17.6 Å². The molecule has 6 nitrogen and oxygen atoms in total. The first-order valence-electron chi connectivity index (χ1n) is 11.3. The summed E-state index contributed by atoms with van der Waals surface area (Å²) in [5, 5.41) is 6.06. The van der Waals surface area contributed by atoms with Crippen LogP contribution in [0.3, 0.4) is 0 Å². The van der Waals surface area contributed by atoms with E-state index < -0.39 is 0 Å². The highest BCUT2D eigenvalue weighted by molar-refractivity contribution is 5.94. The van der Waals surface area contributed by atoms with Gasteiger partial charge in [-0.3, -0.25) is 4.79 Å². The van der Waals surface area contributed by atoms with E-state index in [9.17, 15) is 4.79 Å². The molecule has 2 aromatic rings. The molecule has 31 heavy (non-hydrogen) atoms. The molecule has 3 rings (SSSR count). The fourth-order valence-electron chi connectivity index (χ4n) is 3.43. The van der Waals surface area contributed by atoms with Crippen molar-refractivity contribution in [3.05, 3.63) is 48.5 Å². The van der Waals surface area contributed by atoms with Crippen molar-refractivity contribution in [2.24, 2.45) is 0 Å². The van der Waals surface area contributed by atoms with Crippen LogP contribution in [-0.4, -0.2) is 38.4 Å². The lowest BCUT2D eigenvalue weighted by Crippen LogP contribution is -2.22. The predicted octanol–water partition coefficient (Wildman–Crippen LogP) is 5.25. The van der Waals surface area contributed by atoms with Gasteiger partial charge in [-0.25, -0.2) is 0 Å². The van der Waals surface area contributed by atoms with Gasteiger partial charge in [0.25, 0.3) is 0 Å². The highest BCUT2D eigenvalue weighted by Crippen LogP contribution is 2.25. The number of carbonyl (C=O) groups excluding carboxylic acids is 1. The summed E-state index contributed by atoms with van der Waals surface area (Å²) >= 11 is 0. The number of anilines is 2. The van der Waals surface area contributed by atoms with Crippen LogP contribution in [-0.2, 0) is 9.53 Å². The fraction of sp³-hybridized carbons (Fsp3) is 0.480. The molecule has 0 spiro atoms. The molecule has 1 saturated heterocycles. The smallest absolute Gasteiger partial charge is 0.243 e. The Morgan fingerprint density at radius 1 is 1.06 bits per heavy atom. The third kappa shape index (κ3) is 8.13. The molecule has 1 fully saturated rings. The molecule has 0 aromatic heterocycles. The third-order valence-electron chi connectivity index (χ3n) is 5.18. The fourth-order valence-corrected chi connectivity index (χ4v) is 3.43. The summed E-state index contributed by atoms with van der Waals surface area (Å²) in [6, 6.07) is 15.1. The Balaban J connectivity index is 1.40. The number of hydrogen-bond donors (Lipinski definition) is 2. The van der Waals surface area contributed by atoms with E-state index in [1.165, 1.54) is 19.3 Å². The van der Waals surface area contributed by atoms with Gasteiger partial charge in [-0.2, -0.15) is 0 Å². The second-order valence-corrected chi connectivity index (χ2v) is 7.78. The summed E-state index contributed by atoms with van der Waals surface area (Å²) in [5.74, 6) is 1.43. The summed E-state index contributed by atoms with van der Waals surface area (Å²) in [4.78, 5) is 12.4. The Morgan fingerprint density at radius 2 is 1.90 bits per heavy atom. The van der Waals surface area contributed by atoms with Crippen LogP contribution < -0.4 is 20.1 Å². The van der Waals surface area contributed by atoms with Gasteiger partial charge in [0, 0.05) is 12.3 Å². The van der Waals surface area contributed by atoms with Crippen molar-refractivity contribution in [1.29, 1.82) is 0 Å². The van der Waals surface area contributed by atoms with Gasteiger partial charge < -0.3 is 24.8 Å². The zero-order valence-electron chi connectivity index (χ0n) is 18.4. The molecule has 0 saturated carbocycles. The number of hydrogen-bond acceptors (Lipinski definition) is 5. The van der Waals surface area contributed by atoms with Gasteiger partial charge in [0.2, 0.25) is 5.91 Å². The Labute approximate surface area is 185 Å². The van der Waals surface area contributed by atoms with Crippen molar-refractivity contribution in [2.75, 3.05) is 37.0 Å². The van der Waals surface area contributed by atoms with E-state index in [1.54, 1.807) is 0 Å². The van der Waals surface area contributed by atoms with Crippen LogP contribution >= 0.6 is 0 Å². The van der Waals surface area contributed by atoms with Crippen LogP contribution in [0.5, 0.6) is 11.5 Å². The van der Waals surface area contributed by atoms with E-state index >= 15 is 0 Å². The quantitative estimate of drug-likeness (QED) is 0.428. The summed E-state index contributed by atoms with van der Waals surface area (Å²) < 4.78 is 17.3. The first-order chi connectivity index (χ1) is 15.2. The van der Waals surface area contributed by atoms with Crippen molar-refractivity contribution in [3.63, 3.8) is 0 Å². The van der Waals surface area contributed by atoms with Gasteiger partial charge >= 0.3 is 0 Å². The minimum absolute atomic E-state index is 0.123. The van der Waals surface area contributed by atoms with Gasteiger partial charge in [0.1, 0.15) is 18.1 Å². The van der Waals surface area contributed by atoms with E-state index in [0.717, 1.165) is 55.4 Å². The highest BCUT2D eigenvalue weighted by Gasteiger charge is 2.16. The Bertz CT molecular complexity index is 788. The Kier molecular flexibility index (Phi) is 9.51. The van der Waals surface area contributed by atoms with Crippen molar-refractivity contribution in [1.82, 2.24) is 0 Å². The van der Waals surface area contributed by atoms with Crippen molar-refractivity contribution in [2.45, 2.75) is 51.6 Å². The molecule has 0 bridgehead atoms. The van der Waals surface area contributed by atoms with E-state index in [1.807, 2.05) is 48.5 Å². The molecule has 2 aromatic carbocycles. The number of rotatable bonds is 13. The summed E-state index contributed by atoms with van der Waals surface area (Å²) in [6.07, 6.45) is 6.99. The second kappa shape index (κ2) is 12.8. The largest absolute Gasteiger partial charge is 0.494 e. The number of carbonyl (C=O) groups is 1. The zero-order valence-corrected chi connectivity index (χ0v) is 18.4. The summed E-state index contributed by atoms with van der Waals surface area (Å²) in [5.41, 5.74) is 1.54. The highest BCUT2D eigenvalue weighted by atomic mass is 16.5. The van der Waals surface area contributed by atoms with Gasteiger partial charge in [0.15, 0.2) is 0 Å². The maximum absolute atomic E-state index is 12.4. The van der Waals surface area contributed by atoms with Crippen molar-refractivity contribution in [3.8, 4) is 11.5 Å². The molecule has 0 radical (unpaired) electrons. The number of nitrogens with one attached hydrogen (secondary N) is 2. The lowest BCUT2D eigenvalue weighted by Gasteiger charge is -2.15. The van der Waals surface area contributed by atoms with Gasteiger partial charge in [-0.15, -0.1) is 0 Å². The van der Waals surface area contributed by atoms with E-state index in [0.29, 0.717) is 6.61 Å². The van der Waals surface area contributed by atoms with Gasteiger partial charge in [-0.05, 0) is 55.7 Å². The first-order valence-corrected chi connectivity index (χ1v) is 11.3. The van der Waals surface area contributed by atoms with E-state index in [-0.39, 0.29) is 18.6 Å². The molecular formula is C25H34N2O4.